The molecule has 0 bridgehead atoms. The molecule has 5 nitrogen and oxygen atoms in total. The average Bonchev–Trinajstić information content (AvgIpc) is 2.67. The Morgan fingerprint density at radius 2 is 1.54 bits per heavy atom. The van der Waals surface area contributed by atoms with Crippen molar-refractivity contribution in [1.29, 1.82) is 0 Å². The Balaban J connectivity index is 1.84. The Morgan fingerprint density at radius 1 is 0.893 bits per heavy atom. The first-order chi connectivity index (χ1) is 13.3. The number of carbonyl (C=O) groups excluding carboxylic acids is 3. The fourth-order valence-electron chi connectivity index (χ4n) is 2.53. The summed E-state index contributed by atoms with van der Waals surface area (Å²) in [5.41, 5.74) is 3.82. The number of anilines is 1. The molecule has 0 aromatic heterocycles. The van der Waals surface area contributed by atoms with Crippen LogP contribution in [-0.2, 0) is 9.53 Å². The summed E-state index contributed by atoms with van der Waals surface area (Å²) in [5, 5.41) is 2.74. The zero-order chi connectivity index (χ0) is 20.7. The van der Waals surface area contributed by atoms with Crippen molar-refractivity contribution in [3.8, 4) is 0 Å². The Morgan fingerprint density at radius 3 is 2.14 bits per heavy atom. The standard InChI is InChI=1S/C23H27NO4/c1-15(2)14-28-23(27)18-7-9-20(10-8-18)24-22(26)12-11-21(25)19-6-5-16(3)17(4)13-19/h5-10,13,15H,11-12,14H2,1-4H3,(H,24,26). The summed E-state index contributed by atoms with van der Waals surface area (Å²) in [4.78, 5) is 36.3. The van der Waals surface area contributed by atoms with Crippen LogP contribution in [0.3, 0.4) is 0 Å². The molecule has 0 heterocycles. The largest absolute Gasteiger partial charge is 0.462 e. The van der Waals surface area contributed by atoms with Gasteiger partial charge in [0, 0.05) is 24.1 Å². The van der Waals surface area contributed by atoms with Crippen molar-refractivity contribution in [2.75, 3.05) is 11.9 Å². The van der Waals surface area contributed by atoms with E-state index in [1.165, 1.54) is 0 Å². The van der Waals surface area contributed by atoms with Gasteiger partial charge in [0.25, 0.3) is 0 Å². The SMILES string of the molecule is Cc1ccc(C(=O)CCC(=O)Nc2ccc(C(=O)OCC(C)C)cc2)cc1C. The highest BCUT2D eigenvalue weighted by atomic mass is 16.5. The predicted octanol–water partition coefficient (Wildman–Crippen LogP) is 4.72. The van der Waals surface area contributed by atoms with E-state index < -0.39 is 0 Å². The fourth-order valence-corrected chi connectivity index (χ4v) is 2.53. The van der Waals surface area contributed by atoms with Crippen molar-refractivity contribution in [3.05, 3.63) is 64.7 Å². The summed E-state index contributed by atoms with van der Waals surface area (Å²) in [6.07, 6.45) is 0.248. The highest BCUT2D eigenvalue weighted by Crippen LogP contribution is 2.14. The van der Waals surface area contributed by atoms with Crippen molar-refractivity contribution < 1.29 is 19.1 Å². The third-order valence-corrected chi connectivity index (χ3v) is 4.36. The van der Waals surface area contributed by atoms with E-state index >= 15 is 0 Å². The highest BCUT2D eigenvalue weighted by molar-refractivity contribution is 6.00. The van der Waals surface area contributed by atoms with Crippen LogP contribution >= 0.6 is 0 Å². The van der Waals surface area contributed by atoms with Gasteiger partial charge in [0.15, 0.2) is 5.78 Å². The minimum Gasteiger partial charge on any atom is -0.462 e. The quantitative estimate of drug-likeness (QED) is 0.530. The molecule has 0 unspecified atom stereocenters. The number of ketones is 1. The minimum atomic E-state index is -0.384. The number of rotatable bonds is 8. The zero-order valence-corrected chi connectivity index (χ0v) is 16.9. The smallest absolute Gasteiger partial charge is 0.338 e. The molecule has 0 radical (unpaired) electrons. The molecular formula is C23H27NO4. The van der Waals surface area contributed by atoms with Crippen molar-refractivity contribution >= 4 is 23.3 Å². The lowest BCUT2D eigenvalue weighted by molar-refractivity contribution is -0.116. The molecule has 0 fully saturated rings. The number of benzene rings is 2. The number of aryl methyl sites for hydroxylation is 2. The molecule has 0 saturated carbocycles. The number of amides is 1. The first kappa shape index (κ1) is 21.4. The van der Waals surface area contributed by atoms with Crippen LogP contribution in [0.15, 0.2) is 42.5 Å². The van der Waals surface area contributed by atoms with Gasteiger partial charge in [-0.3, -0.25) is 9.59 Å². The second-order valence-corrected chi connectivity index (χ2v) is 7.34. The van der Waals surface area contributed by atoms with Crippen LogP contribution in [0.5, 0.6) is 0 Å². The molecule has 0 saturated heterocycles. The maximum Gasteiger partial charge on any atom is 0.338 e. The number of hydrogen-bond donors (Lipinski definition) is 1. The lowest BCUT2D eigenvalue weighted by Crippen LogP contribution is -2.14. The number of Topliss-reactive ketones (excluding diaryl/α,β-unsaturated/α-hetero) is 1. The van der Waals surface area contributed by atoms with Crippen LogP contribution in [0.25, 0.3) is 0 Å². The molecular weight excluding hydrogens is 354 g/mol. The van der Waals surface area contributed by atoms with Crippen LogP contribution in [0, 0.1) is 19.8 Å². The minimum absolute atomic E-state index is 0.0542. The van der Waals surface area contributed by atoms with Crippen LogP contribution in [0.2, 0.25) is 0 Å². The van der Waals surface area contributed by atoms with Crippen molar-refractivity contribution in [2.45, 2.75) is 40.5 Å². The number of carbonyl (C=O) groups is 3. The second kappa shape index (κ2) is 9.83. The lowest BCUT2D eigenvalue weighted by atomic mass is 10.0. The number of nitrogens with one attached hydrogen (secondary N) is 1. The van der Waals surface area contributed by atoms with E-state index in [9.17, 15) is 14.4 Å². The topological polar surface area (TPSA) is 72.5 Å². The van der Waals surface area contributed by atoms with Gasteiger partial charge in [0.1, 0.15) is 0 Å². The number of ether oxygens (including phenoxy) is 1. The molecule has 5 heteroatoms. The number of esters is 1. The van der Waals surface area contributed by atoms with Gasteiger partial charge in [0.05, 0.1) is 12.2 Å². The van der Waals surface area contributed by atoms with E-state index in [0.29, 0.717) is 23.4 Å². The second-order valence-electron chi connectivity index (χ2n) is 7.34. The number of hydrogen-bond acceptors (Lipinski definition) is 4. The van der Waals surface area contributed by atoms with Gasteiger partial charge in [-0.05, 0) is 61.2 Å². The van der Waals surface area contributed by atoms with Gasteiger partial charge in [0.2, 0.25) is 5.91 Å². The first-order valence-corrected chi connectivity index (χ1v) is 9.43. The third kappa shape index (κ3) is 6.34. The van der Waals surface area contributed by atoms with E-state index in [1.54, 1.807) is 30.3 Å². The maximum absolute atomic E-state index is 12.3. The molecule has 2 aromatic rings. The van der Waals surface area contributed by atoms with Crippen LogP contribution in [-0.4, -0.2) is 24.3 Å². The van der Waals surface area contributed by atoms with Gasteiger partial charge in [-0.25, -0.2) is 4.79 Å². The lowest BCUT2D eigenvalue weighted by Gasteiger charge is -2.09. The molecule has 0 spiro atoms. The van der Waals surface area contributed by atoms with Gasteiger partial charge in [-0.2, -0.15) is 0 Å². The molecule has 2 aromatic carbocycles. The fraction of sp³-hybridized carbons (Fsp3) is 0.348. The summed E-state index contributed by atoms with van der Waals surface area (Å²) in [5.74, 6) is -0.409. The molecule has 148 valence electrons. The van der Waals surface area contributed by atoms with Gasteiger partial charge >= 0.3 is 5.97 Å². The molecule has 1 amide bonds. The molecule has 1 N–H and O–H groups in total. The summed E-state index contributed by atoms with van der Waals surface area (Å²) >= 11 is 0. The van der Waals surface area contributed by atoms with E-state index in [1.807, 2.05) is 39.8 Å². The summed E-state index contributed by atoms with van der Waals surface area (Å²) < 4.78 is 5.17. The molecule has 2 rings (SSSR count). The molecule has 0 aliphatic rings. The average molecular weight is 381 g/mol. The monoisotopic (exact) mass is 381 g/mol. The van der Waals surface area contributed by atoms with Gasteiger partial charge < -0.3 is 10.1 Å². The summed E-state index contributed by atoms with van der Waals surface area (Å²) in [7, 11) is 0. The van der Waals surface area contributed by atoms with E-state index in [4.69, 9.17) is 4.74 Å². The third-order valence-electron chi connectivity index (χ3n) is 4.36. The first-order valence-electron chi connectivity index (χ1n) is 9.43. The molecule has 0 aliphatic carbocycles. The maximum atomic E-state index is 12.3. The summed E-state index contributed by atoms with van der Waals surface area (Å²) in [6, 6.07) is 12.1. The Bertz CT molecular complexity index is 853. The summed E-state index contributed by atoms with van der Waals surface area (Å²) in [6.45, 7) is 8.26. The Kier molecular flexibility index (Phi) is 7.50. The molecule has 0 aliphatic heterocycles. The molecule has 28 heavy (non-hydrogen) atoms. The van der Waals surface area contributed by atoms with Crippen molar-refractivity contribution in [2.24, 2.45) is 5.92 Å². The Labute approximate surface area is 166 Å². The van der Waals surface area contributed by atoms with Crippen molar-refractivity contribution in [3.63, 3.8) is 0 Å². The van der Waals surface area contributed by atoms with Crippen LogP contribution in [0.4, 0.5) is 5.69 Å². The van der Waals surface area contributed by atoms with Gasteiger partial charge in [-0.15, -0.1) is 0 Å². The van der Waals surface area contributed by atoms with Crippen LogP contribution in [0.1, 0.15) is 58.5 Å². The highest BCUT2D eigenvalue weighted by Gasteiger charge is 2.12. The predicted molar refractivity (Wildman–Crippen MR) is 110 cm³/mol. The normalized spacial score (nSPS) is 10.6. The Hall–Kier alpha value is -2.95. The van der Waals surface area contributed by atoms with Crippen LogP contribution < -0.4 is 5.32 Å². The van der Waals surface area contributed by atoms with E-state index in [0.717, 1.165) is 11.1 Å². The van der Waals surface area contributed by atoms with E-state index in [-0.39, 0.29) is 36.4 Å². The van der Waals surface area contributed by atoms with Gasteiger partial charge in [-0.1, -0.05) is 26.0 Å². The van der Waals surface area contributed by atoms with Crippen molar-refractivity contribution in [1.82, 2.24) is 0 Å². The molecule has 0 atom stereocenters. The zero-order valence-electron chi connectivity index (χ0n) is 16.9. The van der Waals surface area contributed by atoms with E-state index in [2.05, 4.69) is 5.32 Å².